The number of hydrogen-bond donors (Lipinski definition) is 2. The summed E-state index contributed by atoms with van der Waals surface area (Å²) in [5, 5.41) is 9.72. The Kier molecular flexibility index (Phi) is 4.06. The van der Waals surface area contributed by atoms with Gasteiger partial charge in [-0.3, -0.25) is 4.79 Å². The minimum atomic E-state index is -0.278. The molecular weight excluding hydrogens is 299 g/mol. The molecule has 0 aliphatic heterocycles. The van der Waals surface area contributed by atoms with Gasteiger partial charge in [-0.15, -0.1) is 0 Å². The summed E-state index contributed by atoms with van der Waals surface area (Å²) in [5.41, 5.74) is 6.86. The zero-order valence-corrected chi connectivity index (χ0v) is 12.1. The molecule has 3 N–H and O–H groups in total. The van der Waals surface area contributed by atoms with Gasteiger partial charge in [-0.2, -0.15) is 0 Å². The predicted molar refractivity (Wildman–Crippen MR) is 81.7 cm³/mol. The summed E-state index contributed by atoms with van der Waals surface area (Å²) in [6.07, 6.45) is 0. The van der Waals surface area contributed by atoms with Crippen molar-refractivity contribution in [1.29, 1.82) is 0 Å². The largest absolute Gasteiger partial charge is 0.508 e. The van der Waals surface area contributed by atoms with Gasteiger partial charge in [0.1, 0.15) is 5.75 Å². The van der Waals surface area contributed by atoms with Crippen molar-refractivity contribution in [3.8, 4) is 5.75 Å². The van der Waals surface area contributed by atoms with Crippen molar-refractivity contribution in [2.24, 2.45) is 0 Å². The topological polar surface area (TPSA) is 66.6 Å². The van der Waals surface area contributed by atoms with Crippen LogP contribution in [-0.2, 0) is 0 Å². The summed E-state index contributed by atoms with van der Waals surface area (Å²) in [7, 11) is 1.62. The van der Waals surface area contributed by atoms with Crippen LogP contribution >= 0.6 is 23.2 Å². The first kappa shape index (κ1) is 14.5. The number of nitrogens with zero attached hydrogens (tertiary/aromatic N) is 1. The minimum Gasteiger partial charge on any atom is -0.508 e. The molecule has 2 aromatic carbocycles. The number of rotatable bonds is 2. The highest BCUT2D eigenvalue weighted by molar-refractivity contribution is 6.39. The number of carbonyl (C=O) groups is 1. The number of phenols is 1. The third-order valence-corrected chi connectivity index (χ3v) is 3.49. The Bertz CT molecular complexity index is 634. The molecule has 0 radical (unpaired) electrons. The molecule has 20 heavy (non-hydrogen) atoms. The number of anilines is 2. The number of nitrogens with two attached hydrogens (primary N) is 1. The van der Waals surface area contributed by atoms with Crippen LogP contribution in [0, 0.1) is 0 Å². The van der Waals surface area contributed by atoms with E-state index in [4.69, 9.17) is 28.9 Å². The minimum absolute atomic E-state index is 0.133. The number of carbonyl (C=O) groups excluding carboxylic acids is 1. The Hall–Kier alpha value is -1.91. The first-order chi connectivity index (χ1) is 9.40. The summed E-state index contributed by atoms with van der Waals surface area (Å²) in [6, 6.07) is 9.22. The lowest BCUT2D eigenvalue weighted by atomic mass is 10.1. The summed E-state index contributed by atoms with van der Waals surface area (Å²) in [4.78, 5) is 13.8. The number of phenolic OH excluding ortho intramolecular Hbond substituents is 1. The number of nitrogen functional groups attached to an aromatic ring is 1. The lowest BCUT2D eigenvalue weighted by Gasteiger charge is -2.18. The Morgan fingerprint density at radius 3 is 2.15 bits per heavy atom. The van der Waals surface area contributed by atoms with Crippen LogP contribution in [0.25, 0.3) is 0 Å². The highest BCUT2D eigenvalue weighted by Gasteiger charge is 2.16. The maximum absolute atomic E-state index is 12.4. The van der Waals surface area contributed by atoms with Gasteiger partial charge in [-0.05, 0) is 36.4 Å². The summed E-state index contributed by atoms with van der Waals surface area (Å²) >= 11 is 11.8. The molecule has 0 saturated heterocycles. The van der Waals surface area contributed by atoms with Crippen LogP contribution in [0.3, 0.4) is 0 Å². The number of amides is 1. The third-order valence-electron chi connectivity index (χ3n) is 2.87. The first-order valence-corrected chi connectivity index (χ1v) is 6.47. The zero-order valence-electron chi connectivity index (χ0n) is 10.6. The van der Waals surface area contributed by atoms with E-state index in [0.717, 1.165) is 0 Å². The Balaban J connectivity index is 2.33. The monoisotopic (exact) mass is 310 g/mol. The van der Waals surface area contributed by atoms with Gasteiger partial charge < -0.3 is 15.7 Å². The van der Waals surface area contributed by atoms with Gasteiger partial charge in [0, 0.05) is 18.3 Å². The molecule has 0 aliphatic rings. The van der Waals surface area contributed by atoms with Crippen molar-refractivity contribution in [2.75, 3.05) is 17.7 Å². The van der Waals surface area contributed by atoms with Crippen LogP contribution in [0.4, 0.5) is 11.4 Å². The maximum Gasteiger partial charge on any atom is 0.258 e. The second-order valence-corrected chi connectivity index (χ2v) is 5.05. The van der Waals surface area contributed by atoms with Crippen LogP contribution in [0.5, 0.6) is 5.75 Å². The number of aromatic hydroxyl groups is 1. The van der Waals surface area contributed by atoms with Gasteiger partial charge in [-0.1, -0.05) is 23.2 Å². The highest BCUT2D eigenvalue weighted by atomic mass is 35.5. The number of halogens is 2. The summed E-state index contributed by atoms with van der Waals surface area (Å²) in [6.45, 7) is 0. The van der Waals surface area contributed by atoms with Crippen molar-refractivity contribution in [3.05, 3.63) is 52.0 Å². The van der Waals surface area contributed by atoms with Gasteiger partial charge in [0.2, 0.25) is 0 Å². The normalized spacial score (nSPS) is 10.3. The Morgan fingerprint density at radius 2 is 1.65 bits per heavy atom. The van der Waals surface area contributed by atoms with Crippen molar-refractivity contribution in [3.63, 3.8) is 0 Å². The van der Waals surface area contributed by atoms with Gasteiger partial charge in [-0.25, -0.2) is 0 Å². The molecule has 0 bridgehead atoms. The molecular formula is C14H12Cl2N2O2. The van der Waals surface area contributed by atoms with Crippen molar-refractivity contribution >= 4 is 40.5 Å². The van der Waals surface area contributed by atoms with E-state index in [0.29, 0.717) is 11.3 Å². The van der Waals surface area contributed by atoms with Gasteiger partial charge in [0.15, 0.2) is 0 Å². The van der Waals surface area contributed by atoms with Crippen LogP contribution < -0.4 is 10.6 Å². The molecule has 0 atom stereocenters. The van der Waals surface area contributed by atoms with Gasteiger partial charge in [0.05, 0.1) is 15.7 Å². The molecule has 0 saturated carbocycles. The Labute approximate surface area is 126 Å². The zero-order chi connectivity index (χ0) is 14.9. The van der Waals surface area contributed by atoms with Gasteiger partial charge in [0.25, 0.3) is 5.91 Å². The fourth-order valence-electron chi connectivity index (χ4n) is 1.69. The van der Waals surface area contributed by atoms with E-state index in [-0.39, 0.29) is 27.4 Å². The first-order valence-electron chi connectivity index (χ1n) is 5.71. The molecule has 0 unspecified atom stereocenters. The average molecular weight is 311 g/mol. The van der Waals surface area contributed by atoms with E-state index in [2.05, 4.69) is 0 Å². The molecule has 0 fully saturated rings. The van der Waals surface area contributed by atoms with Gasteiger partial charge >= 0.3 is 0 Å². The second-order valence-electron chi connectivity index (χ2n) is 4.23. The number of benzene rings is 2. The lowest BCUT2D eigenvalue weighted by molar-refractivity contribution is 0.0993. The summed E-state index contributed by atoms with van der Waals surface area (Å²) < 4.78 is 0. The quantitative estimate of drug-likeness (QED) is 0.833. The third kappa shape index (κ3) is 2.81. The SMILES string of the molecule is CN(C(=O)c1cc(Cl)c(N)c(Cl)c1)c1ccc(O)cc1. The lowest BCUT2D eigenvalue weighted by Crippen LogP contribution is -2.26. The standard InChI is InChI=1S/C14H12Cl2N2O2/c1-18(9-2-4-10(19)5-3-9)14(20)8-6-11(15)13(17)12(16)7-8/h2-7,19H,17H2,1H3. The highest BCUT2D eigenvalue weighted by Crippen LogP contribution is 2.30. The van der Waals surface area contributed by atoms with E-state index >= 15 is 0 Å². The van der Waals surface area contributed by atoms with E-state index < -0.39 is 0 Å². The van der Waals surface area contributed by atoms with Crippen LogP contribution in [0.2, 0.25) is 10.0 Å². The van der Waals surface area contributed by atoms with Crippen molar-refractivity contribution in [2.45, 2.75) is 0 Å². The average Bonchev–Trinajstić information content (AvgIpc) is 2.43. The maximum atomic E-state index is 12.4. The predicted octanol–water partition coefficient (Wildman–Crippen LogP) is 3.56. The van der Waals surface area contributed by atoms with Crippen molar-refractivity contribution in [1.82, 2.24) is 0 Å². The van der Waals surface area contributed by atoms with E-state index in [1.54, 1.807) is 19.2 Å². The van der Waals surface area contributed by atoms with Crippen LogP contribution in [-0.4, -0.2) is 18.1 Å². The molecule has 0 spiro atoms. The van der Waals surface area contributed by atoms with Crippen LogP contribution in [0.15, 0.2) is 36.4 Å². The fourth-order valence-corrected chi connectivity index (χ4v) is 2.18. The van der Waals surface area contributed by atoms with Crippen molar-refractivity contribution < 1.29 is 9.90 Å². The molecule has 2 aromatic rings. The number of hydrogen-bond acceptors (Lipinski definition) is 3. The molecule has 6 heteroatoms. The molecule has 1 amide bonds. The Morgan fingerprint density at radius 1 is 1.15 bits per heavy atom. The van der Waals surface area contributed by atoms with E-state index in [9.17, 15) is 9.90 Å². The fraction of sp³-hybridized carbons (Fsp3) is 0.0714. The molecule has 4 nitrogen and oxygen atoms in total. The smallest absolute Gasteiger partial charge is 0.258 e. The van der Waals surface area contributed by atoms with E-state index in [1.165, 1.54) is 29.2 Å². The second kappa shape index (κ2) is 5.61. The molecule has 104 valence electrons. The molecule has 2 rings (SSSR count). The summed E-state index contributed by atoms with van der Waals surface area (Å²) in [5.74, 6) is -0.146. The van der Waals surface area contributed by atoms with Crippen LogP contribution in [0.1, 0.15) is 10.4 Å². The van der Waals surface area contributed by atoms with E-state index in [1.807, 2.05) is 0 Å². The molecule has 0 aliphatic carbocycles. The molecule has 0 heterocycles. The molecule has 0 aromatic heterocycles.